The fourth-order valence-electron chi connectivity index (χ4n) is 2.27. The zero-order valence-corrected chi connectivity index (χ0v) is 15.6. The summed E-state index contributed by atoms with van der Waals surface area (Å²) in [4.78, 5) is 4.38. The average Bonchev–Trinajstić information content (AvgIpc) is 2.59. The zero-order valence-electron chi connectivity index (χ0n) is 14.9. The van der Waals surface area contributed by atoms with Crippen LogP contribution in [0.1, 0.15) is 24.5 Å². The third-order valence-corrected chi connectivity index (χ3v) is 3.95. The molecule has 0 radical (unpaired) electrons. The minimum atomic E-state index is -4.51. The van der Waals surface area contributed by atoms with Crippen molar-refractivity contribution in [3.05, 3.63) is 64.4 Å². The van der Waals surface area contributed by atoms with Crippen molar-refractivity contribution < 1.29 is 22.3 Å². The van der Waals surface area contributed by atoms with Gasteiger partial charge in [0.15, 0.2) is 6.10 Å². The van der Waals surface area contributed by atoms with E-state index in [4.69, 9.17) is 27.5 Å². The molecule has 0 amide bonds. The number of benzene rings is 2. The van der Waals surface area contributed by atoms with Gasteiger partial charge in [0, 0.05) is 11.4 Å². The Bertz CT molecular complexity index is 866. The Hall–Kier alpha value is -2.45. The average molecular weight is 416 g/mol. The van der Waals surface area contributed by atoms with Crippen molar-refractivity contribution in [3.8, 4) is 0 Å². The van der Waals surface area contributed by atoms with Crippen LogP contribution in [-0.2, 0) is 11.3 Å². The molecule has 1 atom stereocenters. The monoisotopic (exact) mass is 415 g/mol. The van der Waals surface area contributed by atoms with Gasteiger partial charge in [-0.1, -0.05) is 11.6 Å². The first kappa shape index (κ1) is 21.8. The van der Waals surface area contributed by atoms with Gasteiger partial charge in [-0.2, -0.15) is 13.2 Å². The summed E-state index contributed by atoms with van der Waals surface area (Å²) in [5.41, 5.74) is 6.77. The lowest BCUT2D eigenvalue weighted by Crippen LogP contribution is -2.28. The minimum Gasteiger partial charge on any atom is -0.387 e. The van der Waals surface area contributed by atoms with Crippen molar-refractivity contribution in [2.24, 2.45) is 10.7 Å². The molecule has 0 aromatic heterocycles. The van der Waals surface area contributed by atoms with Gasteiger partial charge in [0.25, 0.3) is 0 Å². The quantitative estimate of drug-likeness (QED) is 0.361. The first-order valence-electron chi connectivity index (χ1n) is 8.19. The number of rotatable bonds is 7. The van der Waals surface area contributed by atoms with Crippen LogP contribution in [0.2, 0.25) is 5.02 Å². The highest BCUT2D eigenvalue weighted by molar-refractivity contribution is 6.30. The SMILES string of the molecule is C[C@@H](OCc1cc(F)cc(C(CC(=N)N)=Nc2ccc(Cl)cc2)c1)C(F)(F)F. The van der Waals surface area contributed by atoms with Crippen molar-refractivity contribution in [2.75, 3.05) is 0 Å². The van der Waals surface area contributed by atoms with Gasteiger partial charge in [0.1, 0.15) is 5.82 Å². The van der Waals surface area contributed by atoms with Crippen molar-refractivity contribution >= 4 is 28.8 Å². The van der Waals surface area contributed by atoms with E-state index >= 15 is 0 Å². The largest absolute Gasteiger partial charge is 0.414 e. The van der Waals surface area contributed by atoms with Gasteiger partial charge < -0.3 is 10.5 Å². The number of nitrogens with zero attached hydrogens (tertiary/aromatic N) is 1. The predicted molar refractivity (Wildman–Crippen MR) is 101 cm³/mol. The van der Waals surface area contributed by atoms with Gasteiger partial charge in [-0.15, -0.1) is 0 Å². The predicted octanol–water partition coefficient (Wildman–Crippen LogP) is 5.39. The minimum absolute atomic E-state index is 0.0642. The van der Waals surface area contributed by atoms with Crippen LogP contribution in [0.5, 0.6) is 0 Å². The molecule has 28 heavy (non-hydrogen) atoms. The summed E-state index contributed by atoms with van der Waals surface area (Å²) < 4.78 is 56.6. The highest BCUT2D eigenvalue weighted by atomic mass is 35.5. The second-order valence-corrected chi connectivity index (χ2v) is 6.52. The molecule has 9 heteroatoms. The molecule has 4 nitrogen and oxygen atoms in total. The van der Waals surface area contributed by atoms with E-state index in [1.165, 1.54) is 12.1 Å². The Labute approximate surface area is 164 Å². The van der Waals surface area contributed by atoms with E-state index in [9.17, 15) is 17.6 Å². The number of nitrogens with two attached hydrogens (primary N) is 1. The van der Waals surface area contributed by atoms with E-state index in [1.807, 2.05) is 0 Å². The van der Waals surface area contributed by atoms with Crippen LogP contribution in [-0.4, -0.2) is 23.8 Å². The maximum Gasteiger partial charge on any atom is 0.414 e. The summed E-state index contributed by atoms with van der Waals surface area (Å²) in [5, 5.41) is 8.03. The lowest BCUT2D eigenvalue weighted by atomic mass is 10.0. The molecule has 2 aromatic rings. The van der Waals surface area contributed by atoms with E-state index in [1.54, 1.807) is 24.3 Å². The maximum absolute atomic E-state index is 14.0. The topological polar surface area (TPSA) is 71.5 Å². The molecule has 2 rings (SSSR count). The molecule has 0 bridgehead atoms. The molecule has 0 unspecified atom stereocenters. The summed E-state index contributed by atoms with van der Waals surface area (Å²) in [6.07, 6.45) is -6.56. The fraction of sp³-hybridized carbons (Fsp3) is 0.263. The Kier molecular flexibility index (Phi) is 7.15. The van der Waals surface area contributed by atoms with Gasteiger partial charge in [0.05, 0.1) is 23.8 Å². The van der Waals surface area contributed by atoms with Crippen LogP contribution >= 0.6 is 11.6 Å². The van der Waals surface area contributed by atoms with Gasteiger partial charge in [0.2, 0.25) is 0 Å². The molecular formula is C19H18ClF4N3O. The number of hydrogen-bond donors (Lipinski definition) is 2. The van der Waals surface area contributed by atoms with Crippen LogP contribution in [0.4, 0.5) is 23.2 Å². The Balaban J connectivity index is 2.34. The van der Waals surface area contributed by atoms with Gasteiger partial charge in [-0.3, -0.25) is 10.4 Å². The van der Waals surface area contributed by atoms with E-state index in [0.29, 0.717) is 22.0 Å². The molecule has 2 aromatic carbocycles. The lowest BCUT2D eigenvalue weighted by Gasteiger charge is -2.17. The molecule has 0 saturated carbocycles. The van der Waals surface area contributed by atoms with Crippen molar-refractivity contribution in [2.45, 2.75) is 32.2 Å². The van der Waals surface area contributed by atoms with Crippen molar-refractivity contribution in [1.29, 1.82) is 5.41 Å². The highest BCUT2D eigenvalue weighted by Gasteiger charge is 2.36. The molecule has 3 N–H and O–H groups in total. The number of hydrogen-bond acceptors (Lipinski definition) is 3. The first-order valence-corrected chi connectivity index (χ1v) is 8.56. The van der Waals surface area contributed by atoms with Crippen LogP contribution in [0.15, 0.2) is 47.5 Å². The molecular weight excluding hydrogens is 398 g/mol. The lowest BCUT2D eigenvalue weighted by molar-refractivity contribution is -0.217. The van der Waals surface area contributed by atoms with E-state index in [0.717, 1.165) is 13.0 Å². The molecule has 0 fully saturated rings. The van der Waals surface area contributed by atoms with Gasteiger partial charge in [-0.05, 0) is 60.5 Å². The highest BCUT2D eigenvalue weighted by Crippen LogP contribution is 2.24. The zero-order chi connectivity index (χ0) is 20.9. The summed E-state index contributed by atoms with van der Waals surface area (Å²) in [6, 6.07) is 10.2. The standard InChI is InChI=1S/C19H18ClF4N3O/c1-11(19(22,23)24)28-10-12-6-13(8-15(21)7-12)17(9-18(25)26)27-16-4-2-14(20)3-5-16/h2-8,11H,9-10H2,1H3,(H3,25,26)/t11-/m1/s1. The number of alkyl halides is 3. The maximum atomic E-state index is 14.0. The first-order chi connectivity index (χ1) is 13.0. The van der Waals surface area contributed by atoms with Crippen LogP contribution in [0.25, 0.3) is 0 Å². The van der Waals surface area contributed by atoms with Gasteiger partial charge >= 0.3 is 6.18 Å². The molecule has 0 spiro atoms. The van der Waals surface area contributed by atoms with Crippen LogP contribution in [0, 0.1) is 11.2 Å². The van der Waals surface area contributed by atoms with E-state index in [2.05, 4.69) is 4.99 Å². The molecule has 0 aliphatic heterocycles. The summed E-state index contributed by atoms with van der Waals surface area (Å²) in [7, 11) is 0. The van der Waals surface area contributed by atoms with Crippen molar-refractivity contribution in [3.63, 3.8) is 0 Å². The second-order valence-electron chi connectivity index (χ2n) is 6.08. The van der Waals surface area contributed by atoms with Gasteiger partial charge in [-0.25, -0.2) is 4.39 Å². The Morgan fingerprint density at radius 3 is 2.43 bits per heavy atom. The van der Waals surface area contributed by atoms with Crippen LogP contribution < -0.4 is 5.73 Å². The van der Waals surface area contributed by atoms with Crippen molar-refractivity contribution in [1.82, 2.24) is 0 Å². The third-order valence-electron chi connectivity index (χ3n) is 3.70. The summed E-state index contributed by atoms with van der Waals surface area (Å²) in [6.45, 7) is 0.448. The van der Waals surface area contributed by atoms with Crippen LogP contribution in [0.3, 0.4) is 0 Å². The Morgan fingerprint density at radius 1 is 1.21 bits per heavy atom. The van der Waals surface area contributed by atoms with E-state index in [-0.39, 0.29) is 17.8 Å². The number of amidine groups is 1. The molecule has 0 heterocycles. The third kappa shape index (κ3) is 6.61. The number of ether oxygens (including phenoxy) is 1. The second kappa shape index (κ2) is 9.16. The summed E-state index contributed by atoms with van der Waals surface area (Å²) >= 11 is 5.84. The number of halogens is 5. The number of nitrogens with one attached hydrogen (secondary N) is 1. The molecule has 0 saturated heterocycles. The normalized spacial score (nSPS) is 13.4. The fourth-order valence-corrected chi connectivity index (χ4v) is 2.40. The summed E-state index contributed by atoms with van der Waals surface area (Å²) in [5.74, 6) is -0.858. The molecule has 0 aliphatic rings. The van der Waals surface area contributed by atoms with E-state index < -0.39 is 24.7 Å². The number of aliphatic imine (C=N–C) groups is 1. The Morgan fingerprint density at radius 2 is 1.86 bits per heavy atom. The smallest absolute Gasteiger partial charge is 0.387 e. The molecule has 0 aliphatic carbocycles. The molecule has 150 valence electrons.